The lowest BCUT2D eigenvalue weighted by Crippen LogP contribution is -2.43. The molecule has 0 spiro atoms. The van der Waals surface area contributed by atoms with Crippen LogP contribution in [0.25, 0.3) is 0 Å². The lowest BCUT2D eigenvalue weighted by atomic mass is 10.2. The summed E-state index contributed by atoms with van der Waals surface area (Å²) >= 11 is 0. The highest BCUT2D eigenvalue weighted by Crippen LogP contribution is 2.29. The molecule has 1 heterocycles. The first-order valence-corrected chi connectivity index (χ1v) is 8.09. The summed E-state index contributed by atoms with van der Waals surface area (Å²) in [5, 5.41) is 2.85. The van der Waals surface area contributed by atoms with Gasteiger partial charge in [0.25, 0.3) is 0 Å². The van der Waals surface area contributed by atoms with Gasteiger partial charge in [0.05, 0.1) is 13.2 Å². The van der Waals surface area contributed by atoms with Crippen LogP contribution in [0.15, 0.2) is 24.3 Å². The van der Waals surface area contributed by atoms with Gasteiger partial charge in [-0.15, -0.1) is 0 Å². The van der Waals surface area contributed by atoms with Crippen molar-refractivity contribution in [2.75, 3.05) is 19.8 Å². The zero-order chi connectivity index (χ0) is 16.4. The second-order valence-corrected chi connectivity index (χ2v) is 6.31. The fourth-order valence-electron chi connectivity index (χ4n) is 2.70. The highest BCUT2D eigenvalue weighted by Gasteiger charge is 2.39. The van der Waals surface area contributed by atoms with Crippen molar-refractivity contribution in [3.05, 3.63) is 29.8 Å². The number of carbonyl (C=O) groups is 2. The SMILES string of the molecule is Cc1ccccc1O[C@H](C)CNC(=O)N1CC(=O)N(C2CC2)C1. The molecule has 6 heteroatoms. The standard InChI is InChI=1S/C17H23N3O3/c1-12-5-3-4-6-15(12)23-13(2)9-18-17(22)19-10-16(21)20(11-19)14-7-8-14/h3-6,13-14H,7-11H2,1-2H3,(H,18,22)/t13-/m1/s1. The Labute approximate surface area is 136 Å². The molecule has 23 heavy (non-hydrogen) atoms. The topological polar surface area (TPSA) is 61.9 Å². The molecule has 0 bridgehead atoms. The van der Waals surface area contributed by atoms with Crippen LogP contribution in [0.5, 0.6) is 5.75 Å². The Hall–Kier alpha value is -2.24. The first-order valence-electron chi connectivity index (χ1n) is 8.09. The molecule has 1 atom stereocenters. The Kier molecular flexibility index (Phi) is 4.41. The number of hydrogen-bond acceptors (Lipinski definition) is 3. The van der Waals surface area contributed by atoms with E-state index in [4.69, 9.17) is 4.74 Å². The lowest BCUT2D eigenvalue weighted by Gasteiger charge is -2.20. The monoisotopic (exact) mass is 317 g/mol. The molecule has 124 valence electrons. The van der Waals surface area contributed by atoms with E-state index >= 15 is 0 Å². The number of aryl methyl sites for hydroxylation is 1. The van der Waals surface area contributed by atoms with E-state index in [-0.39, 0.29) is 24.6 Å². The summed E-state index contributed by atoms with van der Waals surface area (Å²) in [7, 11) is 0. The molecular weight excluding hydrogens is 294 g/mol. The van der Waals surface area contributed by atoms with E-state index in [9.17, 15) is 9.59 Å². The molecule has 0 radical (unpaired) electrons. The summed E-state index contributed by atoms with van der Waals surface area (Å²) in [6.07, 6.45) is 1.98. The van der Waals surface area contributed by atoms with Gasteiger partial charge in [0.1, 0.15) is 18.4 Å². The molecule has 1 N–H and O–H groups in total. The highest BCUT2D eigenvalue weighted by molar-refractivity contribution is 5.87. The third kappa shape index (κ3) is 3.75. The average Bonchev–Trinajstić information content (AvgIpc) is 3.29. The molecule has 1 aliphatic carbocycles. The molecule has 1 aliphatic heterocycles. The van der Waals surface area contributed by atoms with Crippen molar-refractivity contribution in [3.63, 3.8) is 0 Å². The molecule has 2 aliphatic rings. The second-order valence-electron chi connectivity index (χ2n) is 6.31. The molecular formula is C17H23N3O3. The average molecular weight is 317 g/mol. The molecule has 3 rings (SSSR count). The van der Waals surface area contributed by atoms with Gasteiger partial charge >= 0.3 is 6.03 Å². The summed E-state index contributed by atoms with van der Waals surface area (Å²) in [4.78, 5) is 27.4. The zero-order valence-corrected chi connectivity index (χ0v) is 13.6. The molecule has 1 saturated carbocycles. The Morgan fingerprint density at radius 3 is 2.83 bits per heavy atom. The Morgan fingerprint density at radius 1 is 1.39 bits per heavy atom. The number of hydrogen-bond donors (Lipinski definition) is 1. The molecule has 2 fully saturated rings. The third-order valence-electron chi connectivity index (χ3n) is 4.21. The predicted molar refractivity (Wildman–Crippen MR) is 86.1 cm³/mol. The van der Waals surface area contributed by atoms with Gasteiger partial charge in [0.2, 0.25) is 5.91 Å². The largest absolute Gasteiger partial charge is 0.489 e. The van der Waals surface area contributed by atoms with Crippen LogP contribution in [0.2, 0.25) is 0 Å². The van der Waals surface area contributed by atoms with Gasteiger partial charge in [0, 0.05) is 6.04 Å². The van der Waals surface area contributed by atoms with Crippen LogP contribution in [0.3, 0.4) is 0 Å². The normalized spacial score (nSPS) is 19.0. The van der Waals surface area contributed by atoms with Gasteiger partial charge in [-0.3, -0.25) is 9.69 Å². The number of nitrogens with one attached hydrogen (secondary N) is 1. The van der Waals surface area contributed by atoms with E-state index in [2.05, 4.69) is 5.32 Å². The van der Waals surface area contributed by atoms with E-state index in [0.717, 1.165) is 24.2 Å². The van der Waals surface area contributed by atoms with Crippen molar-refractivity contribution in [3.8, 4) is 5.75 Å². The third-order valence-corrected chi connectivity index (χ3v) is 4.21. The number of amides is 3. The maximum atomic E-state index is 12.2. The maximum Gasteiger partial charge on any atom is 0.319 e. The van der Waals surface area contributed by atoms with Crippen molar-refractivity contribution in [1.82, 2.24) is 15.1 Å². The van der Waals surface area contributed by atoms with Crippen molar-refractivity contribution in [2.45, 2.75) is 38.8 Å². The van der Waals surface area contributed by atoms with Crippen LogP contribution in [-0.2, 0) is 4.79 Å². The molecule has 0 aromatic heterocycles. The first-order chi connectivity index (χ1) is 11.0. The van der Waals surface area contributed by atoms with Gasteiger partial charge in [-0.05, 0) is 38.3 Å². The predicted octanol–water partition coefficient (Wildman–Crippen LogP) is 1.74. The fraction of sp³-hybridized carbons (Fsp3) is 0.529. The molecule has 6 nitrogen and oxygen atoms in total. The van der Waals surface area contributed by atoms with Crippen molar-refractivity contribution in [1.29, 1.82) is 0 Å². The van der Waals surface area contributed by atoms with Crippen LogP contribution >= 0.6 is 0 Å². The summed E-state index contributed by atoms with van der Waals surface area (Å²) in [5.41, 5.74) is 1.07. The quantitative estimate of drug-likeness (QED) is 0.900. The Morgan fingerprint density at radius 2 is 2.13 bits per heavy atom. The Balaban J connectivity index is 1.45. The minimum atomic E-state index is -0.207. The van der Waals surface area contributed by atoms with E-state index in [0.29, 0.717) is 19.3 Å². The van der Waals surface area contributed by atoms with Gasteiger partial charge < -0.3 is 15.0 Å². The van der Waals surface area contributed by atoms with Crippen LogP contribution in [0, 0.1) is 6.92 Å². The number of ether oxygens (including phenoxy) is 1. The molecule has 3 amide bonds. The van der Waals surface area contributed by atoms with Gasteiger partial charge in [0.15, 0.2) is 0 Å². The van der Waals surface area contributed by atoms with Crippen molar-refractivity contribution >= 4 is 11.9 Å². The van der Waals surface area contributed by atoms with Crippen LogP contribution < -0.4 is 10.1 Å². The summed E-state index contributed by atoms with van der Waals surface area (Å²) < 4.78 is 5.84. The van der Waals surface area contributed by atoms with Gasteiger partial charge in [-0.2, -0.15) is 0 Å². The molecule has 0 unspecified atom stereocenters. The molecule has 1 aromatic carbocycles. The van der Waals surface area contributed by atoms with E-state index in [1.807, 2.05) is 38.1 Å². The van der Waals surface area contributed by atoms with Crippen LogP contribution in [-0.4, -0.2) is 53.6 Å². The number of nitrogens with zero attached hydrogens (tertiary/aromatic N) is 2. The van der Waals surface area contributed by atoms with Crippen molar-refractivity contribution in [2.24, 2.45) is 0 Å². The Bertz CT molecular complexity index is 601. The summed E-state index contributed by atoms with van der Waals surface area (Å²) in [5.74, 6) is 0.873. The van der Waals surface area contributed by atoms with Crippen molar-refractivity contribution < 1.29 is 14.3 Å². The van der Waals surface area contributed by atoms with Crippen LogP contribution in [0.1, 0.15) is 25.3 Å². The number of para-hydroxylation sites is 1. The highest BCUT2D eigenvalue weighted by atomic mass is 16.5. The second kappa shape index (κ2) is 6.48. The molecule has 1 saturated heterocycles. The van der Waals surface area contributed by atoms with E-state index < -0.39 is 0 Å². The number of rotatable bonds is 5. The smallest absolute Gasteiger partial charge is 0.319 e. The minimum absolute atomic E-state index is 0.0480. The fourth-order valence-corrected chi connectivity index (χ4v) is 2.70. The lowest BCUT2D eigenvalue weighted by molar-refractivity contribution is -0.127. The minimum Gasteiger partial charge on any atom is -0.489 e. The molecule has 1 aromatic rings. The number of benzene rings is 1. The van der Waals surface area contributed by atoms with Gasteiger partial charge in [-0.1, -0.05) is 18.2 Å². The zero-order valence-electron chi connectivity index (χ0n) is 13.6. The van der Waals surface area contributed by atoms with Gasteiger partial charge in [-0.25, -0.2) is 4.79 Å². The van der Waals surface area contributed by atoms with E-state index in [1.54, 1.807) is 9.80 Å². The summed E-state index contributed by atoms with van der Waals surface area (Å²) in [6.45, 7) is 4.89. The number of carbonyl (C=O) groups excluding carboxylic acids is 2. The maximum absolute atomic E-state index is 12.2. The van der Waals surface area contributed by atoms with Crippen LogP contribution in [0.4, 0.5) is 4.79 Å². The van der Waals surface area contributed by atoms with E-state index in [1.165, 1.54) is 0 Å². The number of urea groups is 1. The first kappa shape index (κ1) is 15.6. The summed E-state index contributed by atoms with van der Waals surface area (Å²) in [6, 6.07) is 7.94.